The van der Waals surface area contributed by atoms with Crippen LogP contribution in [0, 0.1) is 34.5 Å². The molecule has 44 heavy (non-hydrogen) atoms. The highest BCUT2D eigenvalue weighted by Crippen LogP contribution is 2.65. The fourth-order valence-corrected chi connectivity index (χ4v) is 9.81. The highest BCUT2D eigenvalue weighted by molar-refractivity contribution is 7.92. The normalized spacial score (nSPS) is 29.1. The number of Topliss-reactive ketones (excluding diaryl/α,β-unsaturated/α-hetero) is 1. The van der Waals surface area contributed by atoms with Crippen LogP contribution in [0.25, 0.3) is 0 Å². The smallest absolute Gasteiger partial charge is 0.315 e. The molecule has 4 aliphatic rings. The number of rotatable bonds is 11. The third-order valence-electron chi connectivity index (χ3n) is 10.6. The lowest BCUT2D eigenvalue weighted by molar-refractivity contribution is -0.145. The van der Waals surface area contributed by atoms with Gasteiger partial charge in [0.05, 0.1) is 17.0 Å². The second-order valence-electron chi connectivity index (χ2n) is 15.4. The third-order valence-corrected chi connectivity index (χ3v) is 12.9. The van der Waals surface area contributed by atoms with Crippen molar-refractivity contribution in [2.75, 3.05) is 12.3 Å². The minimum Gasteiger partial charge on any atom is -0.363 e. The predicted molar refractivity (Wildman–Crippen MR) is 165 cm³/mol. The van der Waals surface area contributed by atoms with Gasteiger partial charge < -0.3 is 26.6 Å². The summed E-state index contributed by atoms with van der Waals surface area (Å²) in [5.41, 5.74) is 4.36. The molecule has 4 unspecified atom stereocenters. The molecule has 248 valence electrons. The van der Waals surface area contributed by atoms with E-state index in [0.29, 0.717) is 25.8 Å². The van der Waals surface area contributed by atoms with Crippen molar-refractivity contribution < 1.29 is 32.4 Å². The van der Waals surface area contributed by atoms with Crippen LogP contribution in [-0.2, 0) is 29.0 Å². The van der Waals surface area contributed by atoms with E-state index in [1.807, 2.05) is 48.5 Å². The molecule has 2 saturated carbocycles. The average Bonchev–Trinajstić information content (AvgIpc) is 3.19. The van der Waals surface area contributed by atoms with Crippen LogP contribution in [0.15, 0.2) is 0 Å². The zero-order valence-electron chi connectivity index (χ0n) is 27.1. The van der Waals surface area contributed by atoms with Gasteiger partial charge in [-0.05, 0) is 53.8 Å². The van der Waals surface area contributed by atoms with Crippen LogP contribution in [0.4, 0.5) is 4.79 Å². The number of sulfone groups is 1. The molecule has 0 aromatic carbocycles. The van der Waals surface area contributed by atoms with E-state index in [0.717, 1.165) is 19.3 Å². The predicted octanol–water partition coefficient (Wildman–Crippen LogP) is 1.51. The second-order valence-corrected chi connectivity index (χ2v) is 17.8. The molecule has 2 heterocycles. The van der Waals surface area contributed by atoms with E-state index in [2.05, 4.69) is 16.0 Å². The maximum atomic E-state index is 14.2. The molecule has 13 heteroatoms. The summed E-state index contributed by atoms with van der Waals surface area (Å²) < 4.78 is 25.3. The van der Waals surface area contributed by atoms with E-state index in [9.17, 15) is 32.4 Å². The lowest BCUT2D eigenvalue weighted by Gasteiger charge is -2.38. The maximum absolute atomic E-state index is 14.2. The number of piperidine rings is 1. The van der Waals surface area contributed by atoms with E-state index in [1.165, 1.54) is 4.90 Å². The number of amides is 5. The van der Waals surface area contributed by atoms with Crippen molar-refractivity contribution in [1.82, 2.24) is 20.9 Å². The highest BCUT2D eigenvalue weighted by atomic mass is 32.2. The Labute approximate surface area is 261 Å². The standard InChI is InChI=1S/C31H51N5O7S/c1-16(2)22(20-12-9-13-44(20,42)43)34-29(41)35-25(30(3,4)5)28(40)36-15-18-21(31(18,6)7)23(36)27(39)33-19(24(37)26(32)38)14-17-10-8-11-17/h16-23,25H,8-15H2,1-7H3,(H2,32,38)(H,33,39)(H2,34,35,41)/t18?,19?,20?,21-,22?,23-,25+/m0/s1. The summed E-state index contributed by atoms with van der Waals surface area (Å²) in [6.07, 6.45) is 4.20. The van der Waals surface area contributed by atoms with Gasteiger partial charge >= 0.3 is 6.03 Å². The number of ketones is 1. The first-order chi connectivity index (χ1) is 20.3. The summed E-state index contributed by atoms with van der Waals surface area (Å²) >= 11 is 0. The second kappa shape index (κ2) is 12.2. The Kier molecular flexibility index (Phi) is 9.51. The van der Waals surface area contributed by atoms with Gasteiger partial charge in [0.25, 0.3) is 5.91 Å². The topological polar surface area (TPSA) is 185 Å². The summed E-state index contributed by atoms with van der Waals surface area (Å²) in [5.74, 6) is -2.80. The molecule has 7 atom stereocenters. The third kappa shape index (κ3) is 6.77. The molecule has 0 radical (unpaired) electrons. The molecule has 12 nitrogen and oxygen atoms in total. The minimum absolute atomic E-state index is 0.0615. The van der Waals surface area contributed by atoms with Gasteiger partial charge in [-0.25, -0.2) is 13.2 Å². The van der Waals surface area contributed by atoms with Gasteiger partial charge in [-0.15, -0.1) is 0 Å². The van der Waals surface area contributed by atoms with E-state index in [-0.39, 0.29) is 34.8 Å². The van der Waals surface area contributed by atoms with Crippen molar-refractivity contribution in [3.8, 4) is 0 Å². The van der Waals surface area contributed by atoms with Crippen molar-refractivity contribution in [3.05, 3.63) is 0 Å². The summed E-state index contributed by atoms with van der Waals surface area (Å²) in [6.45, 7) is 13.5. The number of nitrogens with one attached hydrogen (secondary N) is 3. The lowest BCUT2D eigenvalue weighted by Crippen LogP contribution is -2.62. The molecule has 4 rings (SSSR count). The summed E-state index contributed by atoms with van der Waals surface area (Å²) in [5, 5.41) is 7.75. The van der Waals surface area contributed by atoms with E-state index >= 15 is 0 Å². The number of hydrogen-bond acceptors (Lipinski definition) is 7. The Balaban J connectivity index is 1.53. The average molecular weight is 638 g/mol. The van der Waals surface area contributed by atoms with Crippen LogP contribution in [0.5, 0.6) is 0 Å². The molecule has 5 amide bonds. The van der Waals surface area contributed by atoms with Crippen molar-refractivity contribution in [3.63, 3.8) is 0 Å². The maximum Gasteiger partial charge on any atom is 0.315 e. The number of urea groups is 1. The highest BCUT2D eigenvalue weighted by Gasteiger charge is 2.70. The molecule has 0 aromatic rings. The zero-order chi connectivity index (χ0) is 32.9. The first kappa shape index (κ1) is 34.2. The Hall–Kier alpha value is -2.70. The van der Waals surface area contributed by atoms with Crippen LogP contribution in [0.1, 0.15) is 87.0 Å². The molecule has 4 fully saturated rings. The molecule has 0 aromatic heterocycles. The number of hydrogen-bond donors (Lipinski definition) is 4. The SMILES string of the molecule is CC(C)C(NC(=O)N[C@H](C(=O)N1CC2[C@@H]([C@H]1C(=O)NC(CC1CCC1)C(=O)C(N)=O)C2(C)C)C(C)(C)C)C1CCCS1(=O)=O. The zero-order valence-corrected chi connectivity index (χ0v) is 28.0. The summed E-state index contributed by atoms with van der Waals surface area (Å²) in [6, 6.07) is -4.21. The number of carbonyl (C=O) groups is 5. The van der Waals surface area contributed by atoms with E-state index in [1.54, 1.807) is 0 Å². The quantitative estimate of drug-likeness (QED) is 0.247. The van der Waals surface area contributed by atoms with E-state index < -0.39 is 74.2 Å². The lowest BCUT2D eigenvalue weighted by atomic mass is 9.80. The van der Waals surface area contributed by atoms with Gasteiger partial charge in [0, 0.05) is 12.6 Å². The van der Waals surface area contributed by atoms with Gasteiger partial charge in [-0.1, -0.05) is 67.7 Å². The van der Waals surface area contributed by atoms with Gasteiger partial charge in [0.1, 0.15) is 12.1 Å². The summed E-state index contributed by atoms with van der Waals surface area (Å²) in [7, 11) is -3.33. The molecule has 0 bridgehead atoms. The van der Waals surface area contributed by atoms with Crippen molar-refractivity contribution in [2.45, 2.75) is 116 Å². The van der Waals surface area contributed by atoms with Crippen LogP contribution >= 0.6 is 0 Å². The first-order valence-corrected chi connectivity index (χ1v) is 17.7. The van der Waals surface area contributed by atoms with Crippen molar-refractivity contribution in [1.29, 1.82) is 0 Å². The van der Waals surface area contributed by atoms with E-state index in [4.69, 9.17) is 5.73 Å². The number of fused-ring (bicyclic) bond motifs is 1. The van der Waals surface area contributed by atoms with Crippen LogP contribution in [0.2, 0.25) is 0 Å². The number of carbonyl (C=O) groups excluding carboxylic acids is 5. The van der Waals surface area contributed by atoms with Crippen LogP contribution in [-0.4, -0.2) is 84.6 Å². The number of nitrogens with zero attached hydrogens (tertiary/aromatic N) is 1. The monoisotopic (exact) mass is 637 g/mol. The molecule has 2 saturated heterocycles. The Bertz CT molecular complexity index is 1290. The number of nitrogens with two attached hydrogens (primary N) is 1. The largest absolute Gasteiger partial charge is 0.363 e. The summed E-state index contributed by atoms with van der Waals surface area (Å²) in [4.78, 5) is 67.4. The molecule has 2 aliphatic carbocycles. The molecule has 2 aliphatic heterocycles. The van der Waals surface area contributed by atoms with Crippen LogP contribution < -0.4 is 21.7 Å². The number of primary amides is 1. The molecular formula is C31H51N5O7S. The van der Waals surface area contributed by atoms with Crippen molar-refractivity contribution in [2.24, 2.45) is 40.2 Å². The molecule has 0 spiro atoms. The minimum atomic E-state index is -3.33. The van der Waals surface area contributed by atoms with Gasteiger partial charge in [-0.2, -0.15) is 0 Å². The fraction of sp³-hybridized carbons (Fsp3) is 0.839. The van der Waals surface area contributed by atoms with Crippen LogP contribution in [0.3, 0.4) is 0 Å². The van der Waals surface area contributed by atoms with Crippen molar-refractivity contribution >= 4 is 39.4 Å². The fourth-order valence-electron chi connectivity index (χ4n) is 7.58. The first-order valence-electron chi connectivity index (χ1n) is 16.0. The van der Waals surface area contributed by atoms with Gasteiger partial charge in [-0.3, -0.25) is 19.2 Å². The van der Waals surface area contributed by atoms with Gasteiger partial charge in [0.2, 0.25) is 17.6 Å². The van der Waals surface area contributed by atoms with Gasteiger partial charge in [0.15, 0.2) is 9.84 Å². The molecular weight excluding hydrogens is 586 g/mol. The Morgan fingerprint density at radius 1 is 0.977 bits per heavy atom. The molecule has 5 N–H and O–H groups in total. The Morgan fingerprint density at radius 2 is 1.61 bits per heavy atom. The Morgan fingerprint density at radius 3 is 2.09 bits per heavy atom. The number of likely N-dealkylation sites (tertiary alicyclic amines) is 1.